The van der Waals surface area contributed by atoms with Crippen molar-refractivity contribution in [3.8, 4) is 0 Å². The zero-order valence-electron chi connectivity index (χ0n) is 8.22. The SMILES string of the molecule is CCCC1CCN(CC)C(F)C1. The van der Waals surface area contributed by atoms with Gasteiger partial charge in [-0.3, -0.25) is 4.90 Å². The molecule has 1 saturated heterocycles. The lowest BCUT2D eigenvalue weighted by Gasteiger charge is -2.34. The third kappa shape index (κ3) is 2.44. The first kappa shape index (κ1) is 9.97. The molecule has 0 radical (unpaired) electrons. The van der Waals surface area contributed by atoms with Gasteiger partial charge in [-0.05, 0) is 25.3 Å². The molecule has 1 aliphatic rings. The molecular formula is C10H20FN. The lowest BCUT2D eigenvalue weighted by Crippen LogP contribution is -2.39. The minimum Gasteiger partial charge on any atom is -0.274 e. The number of piperidine rings is 1. The Morgan fingerprint density at radius 2 is 2.17 bits per heavy atom. The van der Waals surface area contributed by atoms with Crippen LogP contribution < -0.4 is 0 Å². The predicted octanol–water partition coefficient (Wildman–Crippen LogP) is 2.81. The summed E-state index contributed by atoms with van der Waals surface area (Å²) >= 11 is 0. The summed E-state index contributed by atoms with van der Waals surface area (Å²) in [6, 6.07) is 0. The van der Waals surface area contributed by atoms with Gasteiger partial charge in [-0.25, -0.2) is 4.39 Å². The monoisotopic (exact) mass is 173 g/mol. The van der Waals surface area contributed by atoms with Crippen molar-refractivity contribution >= 4 is 0 Å². The summed E-state index contributed by atoms with van der Waals surface area (Å²) in [5.74, 6) is 0.646. The second-order valence-electron chi connectivity index (χ2n) is 3.74. The van der Waals surface area contributed by atoms with E-state index in [0.717, 1.165) is 19.5 Å². The highest BCUT2D eigenvalue weighted by Gasteiger charge is 2.26. The quantitative estimate of drug-likeness (QED) is 0.593. The smallest absolute Gasteiger partial charge is 0.153 e. The van der Waals surface area contributed by atoms with Gasteiger partial charge >= 0.3 is 0 Å². The Balaban J connectivity index is 2.30. The van der Waals surface area contributed by atoms with Crippen LogP contribution in [0, 0.1) is 5.92 Å². The van der Waals surface area contributed by atoms with E-state index in [9.17, 15) is 4.39 Å². The van der Waals surface area contributed by atoms with Crippen LogP contribution in [0.1, 0.15) is 39.5 Å². The van der Waals surface area contributed by atoms with Crippen molar-refractivity contribution in [3.05, 3.63) is 0 Å². The zero-order chi connectivity index (χ0) is 8.97. The molecule has 0 N–H and O–H groups in total. The van der Waals surface area contributed by atoms with E-state index in [4.69, 9.17) is 0 Å². The number of hydrogen-bond acceptors (Lipinski definition) is 1. The highest BCUT2D eigenvalue weighted by Crippen LogP contribution is 2.26. The van der Waals surface area contributed by atoms with Crippen molar-refractivity contribution in [1.29, 1.82) is 0 Å². The van der Waals surface area contributed by atoms with E-state index in [1.54, 1.807) is 0 Å². The molecule has 1 fully saturated rings. The van der Waals surface area contributed by atoms with Gasteiger partial charge in [0.1, 0.15) is 0 Å². The van der Waals surface area contributed by atoms with E-state index >= 15 is 0 Å². The molecule has 0 saturated carbocycles. The molecule has 12 heavy (non-hydrogen) atoms. The summed E-state index contributed by atoms with van der Waals surface area (Å²) in [5.41, 5.74) is 0. The van der Waals surface area contributed by atoms with Gasteiger partial charge in [0.2, 0.25) is 0 Å². The van der Waals surface area contributed by atoms with Crippen LogP contribution in [-0.2, 0) is 0 Å². The highest BCUT2D eigenvalue weighted by atomic mass is 19.1. The largest absolute Gasteiger partial charge is 0.274 e. The fourth-order valence-electron chi connectivity index (χ4n) is 2.06. The topological polar surface area (TPSA) is 3.24 Å². The summed E-state index contributed by atoms with van der Waals surface area (Å²) in [7, 11) is 0. The lowest BCUT2D eigenvalue weighted by atomic mass is 9.92. The zero-order valence-corrected chi connectivity index (χ0v) is 8.22. The number of halogens is 1. The van der Waals surface area contributed by atoms with Gasteiger partial charge in [0, 0.05) is 6.54 Å². The summed E-state index contributed by atoms with van der Waals surface area (Å²) in [6.45, 7) is 6.04. The van der Waals surface area contributed by atoms with Crippen molar-refractivity contribution in [2.45, 2.75) is 45.8 Å². The van der Waals surface area contributed by atoms with E-state index < -0.39 is 6.30 Å². The van der Waals surface area contributed by atoms with Gasteiger partial charge in [0.05, 0.1) is 0 Å². The van der Waals surface area contributed by atoms with Gasteiger partial charge in [-0.2, -0.15) is 0 Å². The van der Waals surface area contributed by atoms with Gasteiger partial charge in [0.15, 0.2) is 6.30 Å². The van der Waals surface area contributed by atoms with E-state index in [0.29, 0.717) is 5.92 Å². The molecule has 0 aromatic heterocycles. The lowest BCUT2D eigenvalue weighted by molar-refractivity contribution is 0.0236. The third-order valence-corrected chi connectivity index (χ3v) is 2.85. The van der Waals surface area contributed by atoms with Gasteiger partial charge in [0.25, 0.3) is 0 Å². The maximum Gasteiger partial charge on any atom is 0.153 e. The molecule has 1 heterocycles. The molecule has 2 atom stereocenters. The summed E-state index contributed by atoms with van der Waals surface area (Å²) in [4.78, 5) is 1.94. The molecule has 72 valence electrons. The van der Waals surface area contributed by atoms with E-state index in [2.05, 4.69) is 6.92 Å². The Labute approximate surface area is 74.9 Å². The highest BCUT2D eigenvalue weighted by molar-refractivity contribution is 4.74. The Kier molecular flexibility index (Phi) is 3.99. The van der Waals surface area contributed by atoms with Crippen molar-refractivity contribution in [3.63, 3.8) is 0 Å². The van der Waals surface area contributed by atoms with Crippen LogP contribution in [-0.4, -0.2) is 24.3 Å². The minimum absolute atomic E-state index is 0.646. The maximum atomic E-state index is 13.3. The first-order chi connectivity index (χ1) is 5.77. The van der Waals surface area contributed by atoms with Gasteiger partial charge < -0.3 is 0 Å². The Bertz CT molecular complexity index is 127. The number of alkyl halides is 1. The third-order valence-electron chi connectivity index (χ3n) is 2.85. The van der Waals surface area contributed by atoms with Crippen LogP contribution >= 0.6 is 0 Å². The maximum absolute atomic E-state index is 13.3. The summed E-state index contributed by atoms with van der Waals surface area (Å²) in [5, 5.41) is 0. The van der Waals surface area contributed by atoms with E-state index in [1.165, 1.54) is 19.3 Å². The first-order valence-electron chi connectivity index (χ1n) is 5.16. The van der Waals surface area contributed by atoms with Crippen LogP contribution in [0.3, 0.4) is 0 Å². The van der Waals surface area contributed by atoms with E-state index in [1.807, 2.05) is 11.8 Å². The van der Waals surface area contributed by atoms with E-state index in [-0.39, 0.29) is 0 Å². The second-order valence-corrected chi connectivity index (χ2v) is 3.74. The molecule has 0 amide bonds. The summed E-state index contributed by atoms with van der Waals surface area (Å²) < 4.78 is 13.3. The van der Waals surface area contributed by atoms with Crippen LogP contribution in [0.2, 0.25) is 0 Å². The van der Waals surface area contributed by atoms with Crippen molar-refractivity contribution in [2.24, 2.45) is 5.92 Å². The van der Waals surface area contributed by atoms with Crippen molar-refractivity contribution < 1.29 is 4.39 Å². The summed E-state index contributed by atoms with van der Waals surface area (Å²) in [6.07, 6.45) is 3.70. The van der Waals surface area contributed by atoms with Crippen LogP contribution in [0.25, 0.3) is 0 Å². The standard InChI is InChI=1S/C10H20FN/c1-3-5-9-6-7-12(4-2)10(11)8-9/h9-10H,3-8H2,1-2H3. The molecule has 0 aromatic rings. The fraction of sp³-hybridized carbons (Fsp3) is 1.00. The number of likely N-dealkylation sites (tertiary alicyclic amines) is 1. The number of rotatable bonds is 3. The average molecular weight is 173 g/mol. The molecule has 1 aliphatic heterocycles. The van der Waals surface area contributed by atoms with Gasteiger partial charge in [-0.1, -0.05) is 26.7 Å². The van der Waals surface area contributed by atoms with Crippen molar-refractivity contribution in [1.82, 2.24) is 4.90 Å². The second kappa shape index (κ2) is 4.80. The Morgan fingerprint density at radius 3 is 2.67 bits per heavy atom. The molecule has 1 rings (SSSR count). The molecule has 0 bridgehead atoms. The molecule has 0 spiro atoms. The number of hydrogen-bond donors (Lipinski definition) is 0. The predicted molar refractivity (Wildman–Crippen MR) is 49.8 cm³/mol. The van der Waals surface area contributed by atoms with Crippen molar-refractivity contribution in [2.75, 3.05) is 13.1 Å². The first-order valence-corrected chi connectivity index (χ1v) is 5.16. The molecule has 2 heteroatoms. The molecule has 1 nitrogen and oxygen atoms in total. The van der Waals surface area contributed by atoms with Crippen LogP contribution in [0.4, 0.5) is 4.39 Å². The molecule has 0 aromatic carbocycles. The minimum atomic E-state index is -0.666. The molecular weight excluding hydrogens is 153 g/mol. The Hall–Kier alpha value is -0.110. The Morgan fingerprint density at radius 1 is 1.42 bits per heavy atom. The van der Waals surface area contributed by atoms with Crippen LogP contribution in [0.15, 0.2) is 0 Å². The average Bonchev–Trinajstić information content (AvgIpc) is 2.05. The molecule has 0 aliphatic carbocycles. The number of nitrogens with zero attached hydrogens (tertiary/aromatic N) is 1. The van der Waals surface area contributed by atoms with Crippen LogP contribution in [0.5, 0.6) is 0 Å². The van der Waals surface area contributed by atoms with Gasteiger partial charge in [-0.15, -0.1) is 0 Å². The molecule has 2 unspecified atom stereocenters. The fourth-order valence-corrected chi connectivity index (χ4v) is 2.06. The normalized spacial score (nSPS) is 32.2.